The minimum Gasteiger partial charge on any atom is -0.508 e. The third kappa shape index (κ3) is 1.69. The Bertz CT molecular complexity index is 1090. The van der Waals surface area contributed by atoms with Crippen molar-refractivity contribution in [3.8, 4) is 17.0 Å². The van der Waals surface area contributed by atoms with E-state index in [4.69, 9.17) is 4.42 Å². The molecule has 24 heavy (non-hydrogen) atoms. The molecular formula is C17H11FN4O2. The van der Waals surface area contributed by atoms with E-state index in [0.717, 1.165) is 28.4 Å². The number of halogens is 1. The molecular weight excluding hydrogens is 311 g/mol. The fourth-order valence-corrected chi connectivity index (χ4v) is 3.22. The van der Waals surface area contributed by atoms with Crippen LogP contribution in [0.1, 0.15) is 17.2 Å². The summed E-state index contributed by atoms with van der Waals surface area (Å²) in [6, 6.07) is 7.32. The van der Waals surface area contributed by atoms with E-state index in [0.29, 0.717) is 11.4 Å². The molecule has 0 aliphatic carbocycles. The van der Waals surface area contributed by atoms with E-state index < -0.39 is 11.9 Å². The van der Waals surface area contributed by atoms with Gasteiger partial charge in [0.2, 0.25) is 5.88 Å². The minimum absolute atomic E-state index is 0.116. The number of phenolic OH excluding ortho intramolecular Hbond substituents is 1. The molecule has 0 radical (unpaired) electrons. The van der Waals surface area contributed by atoms with Gasteiger partial charge in [-0.25, -0.2) is 13.9 Å². The molecule has 7 heteroatoms. The maximum absolute atomic E-state index is 14.5. The van der Waals surface area contributed by atoms with Crippen LogP contribution in [0, 0.1) is 5.82 Å². The second kappa shape index (κ2) is 4.58. The second-order valence-electron chi connectivity index (χ2n) is 5.62. The number of nitrogens with zero attached hydrogens (tertiary/aromatic N) is 3. The van der Waals surface area contributed by atoms with Crippen LogP contribution >= 0.6 is 0 Å². The van der Waals surface area contributed by atoms with E-state index in [1.165, 1.54) is 12.4 Å². The monoisotopic (exact) mass is 322 g/mol. The smallest absolute Gasteiger partial charge is 0.202 e. The van der Waals surface area contributed by atoms with Crippen LogP contribution in [-0.4, -0.2) is 19.7 Å². The first kappa shape index (κ1) is 13.1. The van der Waals surface area contributed by atoms with Gasteiger partial charge in [0.05, 0.1) is 23.4 Å². The van der Waals surface area contributed by atoms with Crippen molar-refractivity contribution in [2.24, 2.45) is 0 Å². The van der Waals surface area contributed by atoms with Crippen molar-refractivity contribution in [2.75, 3.05) is 5.32 Å². The summed E-state index contributed by atoms with van der Waals surface area (Å²) in [6.45, 7) is 0. The topological polar surface area (TPSA) is 75.6 Å². The van der Waals surface area contributed by atoms with Gasteiger partial charge in [0.25, 0.3) is 0 Å². The average molecular weight is 322 g/mol. The lowest BCUT2D eigenvalue weighted by Gasteiger charge is -2.18. The van der Waals surface area contributed by atoms with E-state index >= 15 is 0 Å². The van der Waals surface area contributed by atoms with Crippen molar-refractivity contribution in [3.05, 3.63) is 66.1 Å². The number of nitrogens with one attached hydrogen (secondary N) is 1. The molecule has 0 spiro atoms. The highest BCUT2D eigenvalue weighted by molar-refractivity contribution is 5.88. The molecule has 0 amide bonds. The number of aromatic nitrogens is 3. The summed E-state index contributed by atoms with van der Waals surface area (Å²) in [6.07, 6.45) is 4.85. The fourth-order valence-electron chi connectivity index (χ4n) is 3.22. The summed E-state index contributed by atoms with van der Waals surface area (Å²) in [5, 5.41) is 16.9. The lowest BCUT2D eigenvalue weighted by molar-refractivity contribution is 0.467. The molecule has 1 aliphatic rings. The highest BCUT2D eigenvalue weighted by atomic mass is 19.1. The van der Waals surface area contributed by atoms with Gasteiger partial charge in [0.1, 0.15) is 23.6 Å². The largest absolute Gasteiger partial charge is 0.508 e. The lowest BCUT2D eigenvalue weighted by atomic mass is 9.99. The number of phenols is 1. The normalized spacial score (nSPS) is 15.8. The third-order valence-corrected chi connectivity index (χ3v) is 4.29. The van der Waals surface area contributed by atoms with Crippen molar-refractivity contribution < 1.29 is 13.9 Å². The third-order valence-electron chi connectivity index (χ3n) is 4.29. The van der Waals surface area contributed by atoms with Gasteiger partial charge in [0.15, 0.2) is 0 Å². The van der Waals surface area contributed by atoms with Gasteiger partial charge in [-0.2, -0.15) is 5.10 Å². The predicted octanol–water partition coefficient (Wildman–Crippen LogP) is 3.35. The van der Waals surface area contributed by atoms with Crippen LogP contribution in [0.2, 0.25) is 0 Å². The number of hydrogen-bond acceptors (Lipinski definition) is 5. The lowest BCUT2D eigenvalue weighted by Crippen LogP contribution is -2.12. The fraction of sp³-hybridized carbons (Fsp3) is 0.0588. The summed E-state index contributed by atoms with van der Waals surface area (Å²) in [4.78, 5) is 4.38. The van der Waals surface area contributed by atoms with Crippen molar-refractivity contribution in [2.45, 2.75) is 6.04 Å². The summed E-state index contributed by atoms with van der Waals surface area (Å²) in [5.74, 6) is -0.0983. The van der Waals surface area contributed by atoms with Crippen LogP contribution in [0.4, 0.5) is 10.3 Å². The van der Waals surface area contributed by atoms with Crippen molar-refractivity contribution >= 4 is 11.4 Å². The highest BCUT2D eigenvalue weighted by Crippen LogP contribution is 2.42. The summed E-state index contributed by atoms with van der Waals surface area (Å²) in [7, 11) is 0. The SMILES string of the molecule is Oc1ccc(C2Nc3occc3-c3ncnn4ccc2c34)c(F)c1. The number of benzene rings is 1. The van der Waals surface area contributed by atoms with E-state index in [9.17, 15) is 9.50 Å². The molecule has 0 fully saturated rings. The Kier molecular flexibility index (Phi) is 2.50. The molecule has 1 unspecified atom stereocenters. The quantitative estimate of drug-likeness (QED) is 0.562. The van der Waals surface area contributed by atoms with Crippen LogP contribution in [0.3, 0.4) is 0 Å². The number of anilines is 1. The molecule has 3 aromatic heterocycles. The zero-order valence-corrected chi connectivity index (χ0v) is 12.3. The maximum atomic E-state index is 14.5. The second-order valence-corrected chi connectivity index (χ2v) is 5.62. The maximum Gasteiger partial charge on any atom is 0.202 e. The van der Waals surface area contributed by atoms with Crippen LogP contribution in [0.15, 0.2) is 53.5 Å². The van der Waals surface area contributed by atoms with Crippen LogP contribution in [-0.2, 0) is 0 Å². The molecule has 4 heterocycles. The number of rotatable bonds is 1. The highest BCUT2D eigenvalue weighted by Gasteiger charge is 2.29. The van der Waals surface area contributed by atoms with Crippen LogP contribution < -0.4 is 5.32 Å². The van der Waals surface area contributed by atoms with Gasteiger partial charge in [-0.05, 0) is 18.2 Å². The zero-order chi connectivity index (χ0) is 16.3. The summed E-state index contributed by atoms with van der Waals surface area (Å²) >= 11 is 0. The van der Waals surface area contributed by atoms with Crippen molar-refractivity contribution in [1.82, 2.24) is 14.6 Å². The standard InChI is InChI=1S/C17H11FN4O2/c18-13-7-9(23)1-2-10(13)14-11-3-5-22-16(11)15(19-8-20-22)12-4-6-24-17(12)21-14/h1-8,14,21,23H. The van der Waals surface area contributed by atoms with E-state index in [2.05, 4.69) is 15.4 Å². The number of hydrogen-bond donors (Lipinski definition) is 2. The Morgan fingerprint density at radius 3 is 3.00 bits per heavy atom. The molecule has 1 aliphatic heterocycles. The molecule has 5 rings (SSSR count). The first-order valence-corrected chi connectivity index (χ1v) is 7.37. The predicted molar refractivity (Wildman–Crippen MR) is 84.2 cm³/mol. The van der Waals surface area contributed by atoms with Gasteiger partial charge in [-0.1, -0.05) is 6.07 Å². The Labute approximate surface area is 135 Å². The molecule has 0 bridgehead atoms. The zero-order valence-electron chi connectivity index (χ0n) is 12.3. The van der Waals surface area contributed by atoms with Gasteiger partial charge in [0, 0.05) is 23.4 Å². The number of furan rings is 1. The Balaban J connectivity index is 1.84. The summed E-state index contributed by atoms with van der Waals surface area (Å²) < 4.78 is 21.7. The van der Waals surface area contributed by atoms with Crippen LogP contribution in [0.5, 0.6) is 5.75 Å². The van der Waals surface area contributed by atoms with Gasteiger partial charge in [-0.3, -0.25) is 0 Å². The Morgan fingerprint density at radius 2 is 2.12 bits per heavy atom. The molecule has 6 nitrogen and oxygen atoms in total. The number of aromatic hydroxyl groups is 1. The molecule has 0 saturated heterocycles. The Morgan fingerprint density at radius 1 is 1.21 bits per heavy atom. The van der Waals surface area contributed by atoms with E-state index in [1.54, 1.807) is 16.8 Å². The number of fused-ring (bicyclic) bond motifs is 2. The van der Waals surface area contributed by atoms with Gasteiger partial charge < -0.3 is 14.8 Å². The minimum atomic E-state index is -0.500. The molecule has 0 saturated carbocycles. The van der Waals surface area contributed by atoms with E-state index in [-0.39, 0.29) is 5.75 Å². The Hall–Kier alpha value is -3.35. The van der Waals surface area contributed by atoms with Crippen LogP contribution in [0.25, 0.3) is 16.8 Å². The van der Waals surface area contributed by atoms with Gasteiger partial charge >= 0.3 is 0 Å². The van der Waals surface area contributed by atoms with Crippen molar-refractivity contribution in [1.29, 1.82) is 0 Å². The molecule has 1 aromatic carbocycles. The first-order valence-electron chi connectivity index (χ1n) is 7.37. The molecule has 2 N–H and O–H groups in total. The molecule has 1 atom stereocenters. The first-order chi connectivity index (χ1) is 11.7. The molecule has 118 valence electrons. The van der Waals surface area contributed by atoms with Crippen molar-refractivity contribution in [3.63, 3.8) is 0 Å². The average Bonchev–Trinajstić information content (AvgIpc) is 3.17. The van der Waals surface area contributed by atoms with Gasteiger partial charge in [-0.15, -0.1) is 0 Å². The van der Waals surface area contributed by atoms with E-state index in [1.807, 2.05) is 18.3 Å². The molecule has 4 aromatic rings. The summed E-state index contributed by atoms with van der Waals surface area (Å²) in [5.41, 5.74) is 3.55.